The highest BCUT2D eigenvalue weighted by Gasteiger charge is 2.21. The van der Waals surface area contributed by atoms with Crippen LogP contribution in [0.15, 0.2) is 65.8 Å². The second kappa shape index (κ2) is 16.1. The predicted octanol–water partition coefficient (Wildman–Crippen LogP) is 8.85. The van der Waals surface area contributed by atoms with Crippen LogP contribution in [0.2, 0.25) is 0 Å². The van der Waals surface area contributed by atoms with E-state index in [9.17, 15) is 19.2 Å². The fraction of sp³-hybridized carbons (Fsp3) is 0.395. The van der Waals surface area contributed by atoms with Crippen molar-refractivity contribution < 1.29 is 28.8 Å². The van der Waals surface area contributed by atoms with E-state index in [0.29, 0.717) is 34.8 Å². The molecule has 242 valence electrons. The number of carbonyl (C=O) groups is 4. The minimum Gasteiger partial charge on any atom is -0.427 e. The van der Waals surface area contributed by atoms with E-state index >= 15 is 0 Å². The van der Waals surface area contributed by atoms with E-state index in [1.54, 1.807) is 24.3 Å². The van der Waals surface area contributed by atoms with Crippen molar-refractivity contribution in [1.29, 1.82) is 0 Å². The number of oxime groups is 1. The highest BCUT2D eigenvalue weighted by molar-refractivity contribution is 6.46. The van der Waals surface area contributed by atoms with Crippen molar-refractivity contribution in [3.05, 3.63) is 77.4 Å². The van der Waals surface area contributed by atoms with Gasteiger partial charge in [0, 0.05) is 58.9 Å². The summed E-state index contributed by atoms with van der Waals surface area (Å²) in [7, 11) is 0. The molecule has 0 amide bonds. The van der Waals surface area contributed by atoms with Crippen LogP contribution in [-0.2, 0) is 21.0 Å². The Morgan fingerprint density at radius 3 is 1.93 bits per heavy atom. The van der Waals surface area contributed by atoms with Gasteiger partial charge in [-0.1, -0.05) is 58.0 Å². The molecule has 8 heteroatoms. The van der Waals surface area contributed by atoms with Gasteiger partial charge in [-0.05, 0) is 85.8 Å². The monoisotopic (exact) mass is 624 g/mol. The summed E-state index contributed by atoms with van der Waals surface area (Å²) in [5, 5.41) is 5.67. The van der Waals surface area contributed by atoms with Crippen molar-refractivity contribution in [2.75, 3.05) is 0 Å². The van der Waals surface area contributed by atoms with E-state index in [1.165, 1.54) is 13.8 Å². The molecule has 0 aliphatic heterocycles. The lowest BCUT2D eigenvalue weighted by atomic mass is 9.98. The van der Waals surface area contributed by atoms with Gasteiger partial charge in [-0.3, -0.25) is 14.4 Å². The van der Waals surface area contributed by atoms with E-state index in [1.807, 2.05) is 36.4 Å². The largest absolute Gasteiger partial charge is 0.427 e. The van der Waals surface area contributed by atoms with E-state index in [2.05, 4.69) is 30.5 Å². The van der Waals surface area contributed by atoms with Crippen molar-refractivity contribution in [3.8, 4) is 5.75 Å². The van der Waals surface area contributed by atoms with Crippen LogP contribution in [-0.4, -0.2) is 33.8 Å². The van der Waals surface area contributed by atoms with Crippen molar-refractivity contribution in [2.24, 2.45) is 11.1 Å². The van der Waals surface area contributed by atoms with Crippen LogP contribution < -0.4 is 4.74 Å². The number of Topliss-reactive ketones (excluding diaryl/α,β-unsaturated/α-hetero) is 1. The summed E-state index contributed by atoms with van der Waals surface area (Å²) in [6.07, 6.45) is 7.54. The molecule has 1 unspecified atom stereocenters. The zero-order valence-electron chi connectivity index (χ0n) is 27.6. The summed E-state index contributed by atoms with van der Waals surface area (Å²) in [6, 6.07) is 17.9. The number of fused-ring (bicyclic) bond motifs is 3. The minimum atomic E-state index is -0.578. The smallest absolute Gasteiger partial charge is 0.331 e. The molecule has 1 atom stereocenters. The van der Waals surface area contributed by atoms with Gasteiger partial charge in [0.2, 0.25) is 5.78 Å². The van der Waals surface area contributed by atoms with Gasteiger partial charge in [0.05, 0.1) is 0 Å². The van der Waals surface area contributed by atoms with Crippen molar-refractivity contribution in [1.82, 2.24) is 4.57 Å². The number of ketones is 2. The molecule has 3 aromatic carbocycles. The second-order valence-corrected chi connectivity index (χ2v) is 11.8. The fourth-order valence-electron chi connectivity index (χ4n) is 5.79. The van der Waals surface area contributed by atoms with Crippen LogP contribution in [0, 0.1) is 5.92 Å². The number of nitrogens with zero attached hydrogens (tertiary/aromatic N) is 2. The highest BCUT2D eigenvalue weighted by atomic mass is 16.7. The molecule has 0 spiro atoms. The first-order chi connectivity index (χ1) is 22.2. The molecule has 46 heavy (non-hydrogen) atoms. The summed E-state index contributed by atoms with van der Waals surface area (Å²) in [4.78, 5) is 55.0. The van der Waals surface area contributed by atoms with Crippen LogP contribution in [0.4, 0.5) is 0 Å². The van der Waals surface area contributed by atoms with Gasteiger partial charge < -0.3 is 14.1 Å². The van der Waals surface area contributed by atoms with Crippen LogP contribution in [0.25, 0.3) is 21.8 Å². The zero-order chi connectivity index (χ0) is 33.2. The van der Waals surface area contributed by atoms with E-state index in [4.69, 9.17) is 9.57 Å². The Hall–Kier alpha value is -4.59. The van der Waals surface area contributed by atoms with Gasteiger partial charge in [-0.15, -0.1) is 0 Å². The second-order valence-electron chi connectivity index (χ2n) is 11.8. The molecule has 0 saturated carbocycles. The number of unbranched alkanes of at least 4 members (excludes halogenated alkanes) is 3. The van der Waals surface area contributed by atoms with Gasteiger partial charge in [0.25, 0.3) is 0 Å². The molecule has 0 bridgehead atoms. The summed E-state index contributed by atoms with van der Waals surface area (Å²) in [5.41, 5.74) is 3.63. The number of benzene rings is 3. The van der Waals surface area contributed by atoms with Gasteiger partial charge in [-0.25, -0.2) is 4.79 Å². The first-order valence-electron chi connectivity index (χ1n) is 16.3. The minimum absolute atomic E-state index is 0.162. The summed E-state index contributed by atoms with van der Waals surface area (Å²) in [5.74, 6) is -0.589. The molecule has 0 saturated heterocycles. The number of ether oxygens (including phenoxy) is 1. The first kappa shape index (κ1) is 34.3. The van der Waals surface area contributed by atoms with Gasteiger partial charge >= 0.3 is 11.9 Å². The number of esters is 1. The third kappa shape index (κ3) is 8.36. The van der Waals surface area contributed by atoms with Crippen LogP contribution in [0.3, 0.4) is 0 Å². The lowest BCUT2D eigenvalue weighted by Crippen LogP contribution is -2.16. The lowest BCUT2D eigenvalue weighted by Gasteiger charge is -2.17. The molecule has 4 aromatic rings. The Kier molecular flexibility index (Phi) is 12.0. The maximum Gasteiger partial charge on any atom is 0.331 e. The highest BCUT2D eigenvalue weighted by Crippen LogP contribution is 2.33. The molecule has 0 fully saturated rings. The maximum atomic E-state index is 13.7. The van der Waals surface area contributed by atoms with Crippen molar-refractivity contribution in [3.63, 3.8) is 0 Å². The zero-order valence-corrected chi connectivity index (χ0v) is 27.6. The Labute approximate surface area is 270 Å². The summed E-state index contributed by atoms with van der Waals surface area (Å²) < 4.78 is 7.42. The normalized spacial score (nSPS) is 12.3. The quantitative estimate of drug-likeness (QED) is 0.0235. The number of hydrogen-bond acceptors (Lipinski definition) is 7. The van der Waals surface area contributed by atoms with Crippen LogP contribution >= 0.6 is 0 Å². The number of carbonyl (C=O) groups excluding carboxylic acids is 4. The standard InChI is InChI=1S/C38H44N2O6/c1-6-9-11-13-34(39-46-26(5)42)38(44)30-17-21-36-33(23-30)32-22-29(37(43)28-14-18-31(19-15-28)45-25(4)41)16-20-35(32)40(36)24-27(8-3)12-10-7-2/h14-23,27H,6-13,24H2,1-5H3/b39-34-. The molecule has 4 rings (SSSR count). The molecule has 1 aromatic heterocycles. The van der Waals surface area contributed by atoms with E-state index < -0.39 is 11.9 Å². The SMILES string of the molecule is CCCCC/C(=N/OC(C)=O)C(=O)c1ccc2c(c1)c1cc(C(=O)c3ccc(OC(C)=O)cc3)ccc1n2CC(CC)CCCC. The van der Waals surface area contributed by atoms with Gasteiger partial charge in [-0.2, -0.15) is 0 Å². The lowest BCUT2D eigenvalue weighted by molar-refractivity contribution is -0.141. The molecule has 0 aliphatic carbocycles. The average Bonchev–Trinajstić information content (AvgIpc) is 3.35. The maximum absolute atomic E-state index is 13.7. The van der Waals surface area contributed by atoms with Crippen molar-refractivity contribution in [2.45, 2.75) is 92.5 Å². The number of rotatable bonds is 16. The Bertz CT molecular complexity index is 1750. The predicted molar refractivity (Wildman–Crippen MR) is 182 cm³/mol. The Morgan fingerprint density at radius 2 is 1.35 bits per heavy atom. The van der Waals surface area contributed by atoms with E-state index in [0.717, 1.165) is 73.3 Å². The molecule has 0 N–H and O–H groups in total. The molecule has 0 radical (unpaired) electrons. The first-order valence-corrected chi connectivity index (χ1v) is 16.3. The molecular formula is C38H44N2O6. The molecule has 0 aliphatic rings. The van der Waals surface area contributed by atoms with Gasteiger partial charge in [0.1, 0.15) is 11.5 Å². The molecule has 8 nitrogen and oxygen atoms in total. The third-order valence-electron chi connectivity index (χ3n) is 8.32. The third-order valence-corrected chi connectivity index (χ3v) is 8.32. The average molecular weight is 625 g/mol. The fourth-order valence-corrected chi connectivity index (χ4v) is 5.79. The topological polar surface area (TPSA) is 104 Å². The van der Waals surface area contributed by atoms with Crippen LogP contribution in [0.1, 0.15) is 112 Å². The number of aromatic nitrogens is 1. The Balaban J connectivity index is 1.81. The Morgan fingerprint density at radius 1 is 0.739 bits per heavy atom. The summed E-state index contributed by atoms with van der Waals surface area (Å²) in [6.45, 7) is 9.92. The van der Waals surface area contributed by atoms with E-state index in [-0.39, 0.29) is 17.3 Å². The van der Waals surface area contributed by atoms with Gasteiger partial charge in [0.15, 0.2) is 5.78 Å². The summed E-state index contributed by atoms with van der Waals surface area (Å²) >= 11 is 0. The number of hydrogen-bond donors (Lipinski definition) is 0. The van der Waals surface area contributed by atoms with Crippen LogP contribution in [0.5, 0.6) is 5.75 Å². The molecule has 1 heterocycles. The molecular weight excluding hydrogens is 580 g/mol. The van der Waals surface area contributed by atoms with Crippen molar-refractivity contribution >= 4 is 51.0 Å².